The number of hydrogen-bond acceptors (Lipinski definition) is 7. The first-order valence-corrected chi connectivity index (χ1v) is 9.16. The van der Waals surface area contributed by atoms with E-state index < -0.39 is 4.92 Å². The minimum atomic E-state index is -0.486. The van der Waals surface area contributed by atoms with Gasteiger partial charge in [0, 0.05) is 23.3 Å². The van der Waals surface area contributed by atoms with Gasteiger partial charge in [-0.15, -0.1) is 10.2 Å². The Bertz CT molecular complexity index is 1010. The number of rotatable bonds is 6. The molecule has 1 aromatic heterocycles. The lowest BCUT2D eigenvalue weighted by Gasteiger charge is -2.09. The number of hydrogen-bond donors (Lipinski definition) is 0. The van der Waals surface area contributed by atoms with Gasteiger partial charge in [-0.1, -0.05) is 35.5 Å². The van der Waals surface area contributed by atoms with Crippen molar-refractivity contribution in [3.8, 4) is 11.5 Å². The zero-order valence-corrected chi connectivity index (χ0v) is 15.9. The van der Waals surface area contributed by atoms with E-state index in [1.54, 1.807) is 12.1 Å². The number of benzene rings is 2. The minimum Gasteiger partial charge on any atom is -0.411 e. The first-order chi connectivity index (χ1) is 12.8. The van der Waals surface area contributed by atoms with Crippen molar-refractivity contribution in [2.24, 2.45) is 0 Å². The number of nitrogens with zero attached hydrogens (tertiary/aromatic N) is 3. The Morgan fingerprint density at radius 1 is 1.15 bits per heavy atom. The molecule has 27 heavy (non-hydrogen) atoms. The smallest absolute Gasteiger partial charge is 0.277 e. The zero-order chi connectivity index (χ0) is 19.6. The lowest BCUT2D eigenvalue weighted by atomic mass is 9.97. The summed E-state index contributed by atoms with van der Waals surface area (Å²) in [5, 5.41) is 18.9. The van der Waals surface area contributed by atoms with Crippen LogP contribution in [0.15, 0.2) is 46.0 Å². The second-order valence-electron chi connectivity index (χ2n) is 6.17. The molecule has 0 N–H and O–H groups in total. The van der Waals surface area contributed by atoms with Gasteiger partial charge in [0.15, 0.2) is 5.78 Å². The molecule has 0 bridgehead atoms. The van der Waals surface area contributed by atoms with Crippen LogP contribution in [0.5, 0.6) is 0 Å². The van der Waals surface area contributed by atoms with Crippen LogP contribution in [-0.2, 0) is 0 Å². The van der Waals surface area contributed by atoms with E-state index in [0.29, 0.717) is 11.1 Å². The van der Waals surface area contributed by atoms with Crippen LogP contribution in [-0.4, -0.2) is 26.7 Å². The fraction of sp³-hybridized carbons (Fsp3) is 0.211. The van der Waals surface area contributed by atoms with E-state index >= 15 is 0 Å². The van der Waals surface area contributed by atoms with Gasteiger partial charge in [-0.25, -0.2) is 0 Å². The topological polar surface area (TPSA) is 99.1 Å². The maximum atomic E-state index is 12.6. The molecule has 8 heteroatoms. The lowest BCUT2D eigenvalue weighted by molar-refractivity contribution is -0.384. The average molecular weight is 383 g/mol. The highest BCUT2D eigenvalue weighted by atomic mass is 32.2. The van der Waals surface area contributed by atoms with Crippen molar-refractivity contribution in [1.82, 2.24) is 10.2 Å². The van der Waals surface area contributed by atoms with E-state index in [1.165, 1.54) is 12.1 Å². The van der Waals surface area contributed by atoms with Crippen molar-refractivity contribution in [2.75, 3.05) is 5.75 Å². The summed E-state index contributed by atoms with van der Waals surface area (Å²) < 4.78 is 5.54. The van der Waals surface area contributed by atoms with Crippen LogP contribution in [0.2, 0.25) is 0 Å². The van der Waals surface area contributed by atoms with Gasteiger partial charge in [-0.3, -0.25) is 14.9 Å². The van der Waals surface area contributed by atoms with Crippen molar-refractivity contribution in [1.29, 1.82) is 0 Å². The van der Waals surface area contributed by atoms with Crippen LogP contribution >= 0.6 is 11.8 Å². The number of carbonyl (C=O) groups excluding carboxylic acids is 1. The van der Waals surface area contributed by atoms with E-state index in [4.69, 9.17) is 4.42 Å². The molecule has 0 amide bonds. The molecule has 0 aliphatic rings. The van der Waals surface area contributed by atoms with E-state index in [-0.39, 0.29) is 28.3 Å². The number of Topliss-reactive ketones (excluding diaryl/α,β-unsaturated/α-hetero) is 1. The molecule has 3 rings (SSSR count). The van der Waals surface area contributed by atoms with Gasteiger partial charge in [0.25, 0.3) is 10.9 Å². The Morgan fingerprint density at radius 2 is 1.85 bits per heavy atom. The molecular formula is C19H17N3O4S. The predicted molar refractivity (Wildman–Crippen MR) is 102 cm³/mol. The molecule has 0 fully saturated rings. The van der Waals surface area contributed by atoms with E-state index in [1.807, 2.05) is 32.9 Å². The Labute approximate surface area is 160 Å². The standard InChI is InChI=1S/C19H17N3O4S/c1-11-7-12(2)17(13(3)8-11)16(23)10-27-19-21-20-18(26-19)14-5-4-6-15(9-14)22(24)25/h4-9H,10H2,1-3H3. The highest BCUT2D eigenvalue weighted by molar-refractivity contribution is 7.99. The zero-order valence-electron chi connectivity index (χ0n) is 15.1. The van der Waals surface area contributed by atoms with Crippen LogP contribution in [0.3, 0.4) is 0 Å². The summed E-state index contributed by atoms with van der Waals surface area (Å²) in [4.78, 5) is 23.0. The molecular weight excluding hydrogens is 366 g/mol. The Balaban J connectivity index is 1.73. The van der Waals surface area contributed by atoms with Crippen LogP contribution in [0.1, 0.15) is 27.0 Å². The molecule has 0 atom stereocenters. The first kappa shape index (κ1) is 18.8. The monoisotopic (exact) mass is 383 g/mol. The summed E-state index contributed by atoms with van der Waals surface area (Å²) in [6.45, 7) is 5.84. The number of non-ortho nitro benzene ring substituents is 1. The van der Waals surface area contributed by atoms with Gasteiger partial charge in [0.1, 0.15) is 0 Å². The molecule has 3 aromatic rings. The molecule has 0 aliphatic carbocycles. The van der Waals surface area contributed by atoms with E-state index in [2.05, 4.69) is 10.2 Å². The molecule has 0 spiro atoms. The Hall–Kier alpha value is -3.00. The number of thioether (sulfide) groups is 1. The number of aryl methyl sites for hydroxylation is 3. The predicted octanol–water partition coefficient (Wildman–Crippen LogP) is 4.55. The summed E-state index contributed by atoms with van der Waals surface area (Å²) in [5.74, 6) is 0.336. The highest BCUT2D eigenvalue weighted by Crippen LogP contribution is 2.27. The normalized spacial score (nSPS) is 10.8. The molecule has 0 unspecified atom stereocenters. The molecule has 0 saturated carbocycles. The third-order valence-electron chi connectivity index (χ3n) is 3.99. The lowest BCUT2D eigenvalue weighted by Crippen LogP contribution is -2.07. The van der Waals surface area contributed by atoms with E-state index in [0.717, 1.165) is 28.5 Å². The van der Waals surface area contributed by atoms with Gasteiger partial charge in [0.05, 0.1) is 10.7 Å². The van der Waals surface area contributed by atoms with Crippen LogP contribution in [0.25, 0.3) is 11.5 Å². The first-order valence-electron chi connectivity index (χ1n) is 8.17. The third kappa shape index (κ3) is 4.22. The largest absolute Gasteiger partial charge is 0.411 e. The molecule has 2 aromatic carbocycles. The SMILES string of the molecule is Cc1cc(C)c(C(=O)CSc2nnc(-c3cccc([N+](=O)[O-])c3)o2)c(C)c1. The van der Waals surface area contributed by atoms with Crippen molar-refractivity contribution in [3.63, 3.8) is 0 Å². The number of nitro benzene ring substituents is 1. The van der Waals surface area contributed by atoms with Crippen molar-refractivity contribution < 1.29 is 14.1 Å². The fourth-order valence-electron chi connectivity index (χ4n) is 2.96. The van der Waals surface area contributed by atoms with Crippen molar-refractivity contribution in [2.45, 2.75) is 26.0 Å². The number of aromatic nitrogens is 2. The van der Waals surface area contributed by atoms with Gasteiger partial charge >= 0.3 is 0 Å². The second kappa shape index (κ2) is 7.71. The summed E-state index contributed by atoms with van der Waals surface area (Å²) in [6.07, 6.45) is 0. The molecule has 0 saturated heterocycles. The van der Waals surface area contributed by atoms with Crippen molar-refractivity contribution in [3.05, 3.63) is 68.8 Å². The molecule has 138 valence electrons. The number of nitro groups is 1. The number of carbonyl (C=O) groups is 1. The third-order valence-corrected chi connectivity index (χ3v) is 4.81. The van der Waals surface area contributed by atoms with Gasteiger partial charge in [-0.2, -0.15) is 0 Å². The van der Waals surface area contributed by atoms with Crippen LogP contribution in [0.4, 0.5) is 5.69 Å². The van der Waals surface area contributed by atoms with Crippen LogP contribution < -0.4 is 0 Å². The summed E-state index contributed by atoms with van der Waals surface area (Å²) in [5.41, 5.74) is 4.13. The second-order valence-corrected chi connectivity index (χ2v) is 7.09. The van der Waals surface area contributed by atoms with Crippen LogP contribution in [0, 0.1) is 30.9 Å². The molecule has 7 nitrogen and oxygen atoms in total. The van der Waals surface area contributed by atoms with Gasteiger partial charge in [0.2, 0.25) is 5.89 Å². The highest BCUT2D eigenvalue weighted by Gasteiger charge is 2.17. The maximum absolute atomic E-state index is 12.6. The summed E-state index contributed by atoms with van der Waals surface area (Å²) in [6, 6.07) is 9.93. The molecule has 0 radical (unpaired) electrons. The summed E-state index contributed by atoms with van der Waals surface area (Å²) in [7, 11) is 0. The van der Waals surface area contributed by atoms with Gasteiger partial charge in [-0.05, 0) is 38.0 Å². The van der Waals surface area contributed by atoms with Gasteiger partial charge < -0.3 is 4.42 Å². The quantitative estimate of drug-likeness (QED) is 0.266. The van der Waals surface area contributed by atoms with Crippen molar-refractivity contribution >= 4 is 23.2 Å². The Morgan fingerprint density at radius 3 is 2.52 bits per heavy atom. The summed E-state index contributed by atoms with van der Waals surface area (Å²) >= 11 is 1.15. The fourth-order valence-corrected chi connectivity index (χ4v) is 3.59. The Kier molecular flexibility index (Phi) is 5.36. The molecule has 0 aliphatic heterocycles. The number of ketones is 1. The average Bonchev–Trinajstić information content (AvgIpc) is 3.08. The molecule has 1 heterocycles. The maximum Gasteiger partial charge on any atom is 0.277 e. The minimum absolute atomic E-state index is 0.00917. The van der Waals surface area contributed by atoms with E-state index in [9.17, 15) is 14.9 Å².